The third-order valence-electron chi connectivity index (χ3n) is 6.19. The molecule has 6 aromatic rings. The van der Waals surface area contributed by atoms with Crippen LogP contribution in [0.15, 0.2) is 91.3 Å². The summed E-state index contributed by atoms with van der Waals surface area (Å²) < 4.78 is 24.4. The second kappa shape index (κ2) is 11.8. The van der Waals surface area contributed by atoms with Crippen LogP contribution in [0.25, 0.3) is 42.7 Å². The minimum absolute atomic E-state index is 0. The van der Waals surface area contributed by atoms with Crippen molar-refractivity contribution in [3.63, 3.8) is 0 Å². The predicted octanol–water partition coefficient (Wildman–Crippen LogP) is 8.63. The zero-order chi connectivity index (χ0) is 28.5. The Morgan fingerprint density at radius 3 is 2.39 bits per heavy atom. The number of fused-ring (bicyclic) bond motifs is 3. The molecule has 38 heavy (non-hydrogen) atoms. The van der Waals surface area contributed by atoms with Crippen molar-refractivity contribution in [3.05, 3.63) is 115 Å². The van der Waals surface area contributed by atoms with Crippen LogP contribution in [0.4, 0.5) is 0 Å². The van der Waals surface area contributed by atoms with Crippen LogP contribution < -0.4 is 5.19 Å². The van der Waals surface area contributed by atoms with Crippen molar-refractivity contribution in [1.29, 1.82) is 0 Å². The Morgan fingerprint density at radius 1 is 0.842 bits per heavy atom. The van der Waals surface area contributed by atoms with Crippen molar-refractivity contribution in [2.24, 2.45) is 0 Å². The molecule has 1 radical (unpaired) electrons. The number of nitrogens with zero attached hydrogens (tertiary/aromatic N) is 2. The van der Waals surface area contributed by atoms with Crippen LogP contribution >= 0.6 is 11.3 Å². The molecule has 0 aliphatic carbocycles. The van der Waals surface area contributed by atoms with E-state index in [0.717, 1.165) is 22.5 Å². The van der Waals surface area contributed by atoms with Crippen LogP contribution in [-0.4, -0.2) is 18.0 Å². The van der Waals surface area contributed by atoms with E-state index in [1.54, 1.807) is 23.4 Å². The summed E-state index contributed by atoms with van der Waals surface area (Å²) in [5.74, 6) is 0. The summed E-state index contributed by atoms with van der Waals surface area (Å²) in [5.41, 5.74) is 5.22. The molecule has 193 valence electrons. The maximum absolute atomic E-state index is 7.23. The molecule has 2 nitrogen and oxygen atoms in total. The molecule has 0 atom stereocenters. The van der Waals surface area contributed by atoms with Crippen molar-refractivity contribution >= 4 is 44.8 Å². The number of hydrogen-bond acceptors (Lipinski definition) is 3. The number of aryl methyl sites for hydroxylation is 2. The van der Waals surface area contributed by atoms with Gasteiger partial charge in [-0.15, -0.1) is 59.7 Å². The zero-order valence-corrected chi connectivity index (χ0v) is 26.0. The predicted molar refractivity (Wildman–Crippen MR) is 162 cm³/mol. The summed E-state index contributed by atoms with van der Waals surface area (Å²) in [6.07, 6.45) is 3.28. The van der Waals surface area contributed by atoms with Crippen molar-refractivity contribution in [3.8, 4) is 22.5 Å². The van der Waals surface area contributed by atoms with Gasteiger partial charge in [-0.1, -0.05) is 66.1 Å². The van der Waals surface area contributed by atoms with E-state index in [-0.39, 0.29) is 25.7 Å². The fourth-order valence-electron chi connectivity index (χ4n) is 4.39. The molecule has 0 fully saturated rings. The molecule has 0 bridgehead atoms. The van der Waals surface area contributed by atoms with E-state index in [0.29, 0.717) is 0 Å². The van der Waals surface area contributed by atoms with Gasteiger partial charge in [0, 0.05) is 41.3 Å². The first-order valence-electron chi connectivity index (χ1n) is 13.8. The Hall–Kier alpha value is -2.95. The zero-order valence-electron chi connectivity index (χ0n) is 24.8. The molecule has 0 N–H and O–H groups in total. The van der Waals surface area contributed by atoms with E-state index in [1.807, 2.05) is 41.8 Å². The molecule has 0 saturated carbocycles. The van der Waals surface area contributed by atoms with E-state index < -0.39 is 14.9 Å². The molecule has 0 aliphatic heterocycles. The largest absolute Gasteiger partial charge is 0.305 e. The normalized spacial score (nSPS) is 12.6. The van der Waals surface area contributed by atoms with E-state index in [4.69, 9.17) is 4.11 Å². The Kier molecular flexibility index (Phi) is 7.51. The first-order valence-corrected chi connectivity index (χ1v) is 16.6. The first kappa shape index (κ1) is 24.1. The molecular formula is C33H30IrN2SSi-2. The van der Waals surface area contributed by atoms with Crippen LogP contribution in [0.3, 0.4) is 0 Å². The number of thiophene rings is 1. The van der Waals surface area contributed by atoms with Gasteiger partial charge in [-0.2, -0.15) is 11.3 Å². The molecule has 3 aromatic carbocycles. The molecule has 0 aliphatic rings. The van der Waals surface area contributed by atoms with Crippen molar-refractivity contribution in [1.82, 2.24) is 9.97 Å². The van der Waals surface area contributed by atoms with Gasteiger partial charge in [0.25, 0.3) is 0 Å². The topological polar surface area (TPSA) is 25.8 Å². The van der Waals surface area contributed by atoms with Crippen LogP contribution in [0.1, 0.15) is 15.2 Å². The first-order chi connectivity index (χ1) is 19.0. The van der Waals surface area contributed by atoms with Gasteiger partial charge in [0.15, 0.2) is 0 Å². The Morgan fingerprint density at radius 2 is 1.71 bits per heavy atom. The number of benzene rings is 3. The summed E-state index contributed by atoms with van der Waals surface area (Å²) >= 11 is 1.87. The third kappa shape index (κ3) is 6.03. The van der Waals surface area contributed by atoms with E-state index in [1.165, 1.54) is 31.9 Å². The third-order valence-corrected chi connectivity index (χ3v) is 9.41. The van der Waals surface area contributed by atoms with Gasteiger partial charge in [0.05, 0.1) is 8.07 Å². The molecule has 0 amide bonds. The molecule has 6 rings (SSSR count). The fourth-order valence-corrected chi connectivity index (χ4v) is 7.33. The van der Waals surface area contributed by atoms with Crippen LogP contribution in [0.2, 0.25) is 19.6 Å². The van der Waals surface area contributed by atoms with Crippen molar-refractivity contribution in [2.75, 3.05) is 0 Å². The second-order valence-electron chi connectivity index (χ2n) is 10.1. The summed E-state index contributed by atoms with van der Waals surface area (Å²) in [7, 11) is -1.40. The standard InChI is InChI=1S/C21H20NSSi.C12H10N.Ir/c1-14-11-12-22-17(13-14)15-7-5-8-16-20-18(23-21(15)16)9-6-10-19(20)24(2,3)4;1-10-7-8-12(13-9-10)11-5-3-2-4-6-11;/h5-6,8-13H,1-4H3;2-5,7-9H,1H3;/q2*-1;/i;1D3;. The monoisotopic (exact) mass is 710 g/mol. The van der Waals surface area contributed by atoms with Gasteiger partial charge in [0.1, 0.15) is 0 Å². The van der Waals surface area contributed by atoms with E-state index in [2.05, 4.69) is 85.1 Å². The number of rotatable bonds is 3. The maximum Gasteiger partial charge on any atom is 0.0783 e. The second-order valence-corrected chi connectivity index (χ2v) is 16.1. The van der Waals surface area contributed by atoms with Gasteiger partial charge in [-0.05, 0) is 52.9 Å². The Bertz CT molecular complexity index is 1780. The van der Waals surface area contributed by atoms with Crippen LogP contribution in [0, 0.1) is 25.9 Å². The molecule has 0 unspecified atom stereocenters. The average Bonchev–Trinajstić information content (AvgIpc) is 3.32. The minimum Gasteiger partial charge on any atom is -0.305 e. The molecule has 0 saturated heterocycles. The molecular weight excluding hydrogens is 677 g/mol. The summed E-state index contributed by atoms with van der Waals surface area (Å²) in [6, 6.07) is 32.4. The number of aromatic nitrogens is 2. The van der Waals surface area contributed by atoms with Gasteiger partial charge < -0.3 is 9.97 Å². The van der Waals surface area contributed by atoms with Crippen LogP contribution in [0.5, 0.6) is 0 Å². The van der Waals surface area contributed by atoms with E-state index in [9.17, 15) is 0 Å². The Labute approximate surface area is 248 Å². The summed E-state index contributed by atoms with van der Waals surface area (Å²) in [6.45, 7) is 7.28. The quantitative estimate of drug-likeness (QED) is 0.136. The Balaban J connectivity index is 0.000000200. The molecule has 3 heterocycles. The van der Waals surface area contributed by atoms with Gasteiger partial charge in [0.2, 0.25) is 0 Å². The SMILES string of the molecule is Cc1ccnc(-c2[c-]ccc3c2sc2cccc([Si](C)(C)C)c23)c1.[2H]C([2H])([2H])c1ccc(-c2[c-]cccc2)nc1.[Ir]. The smallest absolute Gasteiger partial charge is 0.0783 e. The number of pyridine rings is 2. The van der Waals surface area contributed by atoms with Crippen molar-refractivity contribution in [2.45, 2.75) is 33.4 Å². The minimum atomic E-state index is -2.09. The maximum atomic E-state index is 7.23. The summed E-state index contributed by atoms with van der Waals surface area (Å²) in [4.78, 5) is 8.71. The van der Waals surface area contributed by atoms with E-state index >= 15 is 0 Å². The molecule has 3 aromatic heterocycles. The van der Waals surface area contributed by atoms with Gasteiger partial charge in [-0.3, -0.25) is 0 Å². The molecule has 5 heteroatoms. The molecule has 0 spiro atoms. The summed E-state index contributed by atoms with van der Waals surface area (Å²) in [5, 5.41) is 4.34. The van der Waals surface area contributed by atoms with Crippen molar-refractivity contribution < 1.29 is 24.2 Å². The van der Waals surface area contributed by atoms with Gasteiger partial charge >= 0.3 is 0 Å². The average molecular weight is 710 g/mol. The number of hydrogen-bond donors (Lipinski definition) is 0. The van der Waals surface area contributed by atoms with Crippen LogP contribution in [-0.2, 0) is 20.1 Å². The fraction of sp³-hybridized carbons (Fsp3) is 0.152. The van der Waals surface area contributed by atoms with Gasteiger partial charge in [-0.25, -0.2) is 0 Å².